The van der Waals surface area contributed by atoms with E-state index in [1.165, 1.54) is 11.0 Å². The van der Waals surface area contributed by atoms with Gasteiger partial charge in [0.25, 0.3) is 5.56 Å². The molecule has 0 bridgehead atoms. The zero-order valence-electron chi connectivity index (χ0n) is 11.7. The first-order valence-electron chi connectivity index (χ1n) is 6.89. The summed E-state index contributed by atoms with van der Waals surface area (Å²) in [7, 11) is 0. The third-order valence-corrected chi connectivity index (χ3v) is 3.67. The molecule has 1 aliphatic heterocycles. The summed E-state index contributed by atoms with van der Waals surface area (Å²) in [6.07, 6.45) is -5.58. The molecule has 0 spiro atoms. The zero-order chi connectivity index (χ0) is 15.6. The van der Waals surface area contributed by atoms with E-state index in [-0.39, 0.29) is 18.5 Å². The molecule has 8 heteroatoms. The van der Waals surface area contributed by atoms with E-state index in [4.69, 9.17) is 0 Å². The van der Waals surface area contributed by atoms with Crippen molar-refractivity contribution < 1.29 is 18.3 Å². The highest BCUT2D eigenvalue weighted by atomic mass is 19.4. The smallest absolute Gasteiger partial charge is 0.382 e. The summed E-state index contributed by atoms with van der Waals surface area (Å²) in [4.78, 5) is 19.7. The quantitative estimate of drug-likeness (QED) is 0.877. The maximum absolute atomic E-state index is 12.6. The van der Waals surface area contributed by atoms with Crippen molar-refractivity contribution in [2.45, 2.75) is 51.1 Å². The van der Waals surface area contributed by atoms with Crippen LogP contribution in [0.3, 0.4) is 0 Å². The van der Waals surface area contributed by atoms with Gasteiger partial charge in [-0.15, -0.1) is 0 Å². The Labute approximate surface area is 119 Å². The number of hydrogen-bond donors (Lipinski definition) is 2. The highest BCUT2D eigenvalue weighted by Crippen LogP contribution is 2.31. The lowest BCUT2D eigenvalue weighted by molar-refractivity contribution is -0.219. The Bertz CT molecular complexity index is 544. The molecule has 2 rings (SSSR count). The Morgan fingerprint density at radius 1 is 1.57 bits per heavy atom. The second-order valence-corrected chi connectivity index (χ2v) is 5.20. The third-order valence-electron chi connectivity index (χ3n) is 3.67. The van der Waals surface area contributed by atoms with E-state index in [9.17, 15) is 23.1 Å². The van der Waals surface area contributed by atoms with Gasteiger partial charge in [0.05, 0.1) is 6.54 Å². The van der Waals surface area contributed by atoms with Gasteiger partial charge in [-0.3, -0.25) is 9.69 Å². The lowest BCUT2D eigenvalue weighted by atomic mass is 10.1. The van der Waals surface area contributed by atoms with Crippen LogP contribution in [-0.2, 0) is 13.0 Å². The molecule has 0 amide bonds. The number of alkyl halides is 3. The molecule has 2 heterocycles. The second-order valence-electron chi connectivity index (χ2n) is 5.20. The maximum Gasteiger partial charge on any atom is 0.415 e. The van der Waals surface area contributed by atoms with Gasteiger partial charge in [0.2, 0.25) is 0 Å². The van der Waals surface area contributed by atoms with Gasteiger partial charge < -0.3 is 10.1 Å². The number of halogens is 3. The molecule has 1 aliphatic rings. The van der Waals surface area contributed by atoms with Crippen LogP contribution in [0.2, 0.25) is 0 Å². The predicted molar refractivity (Wildman–Crippen MR) is 69.7 cm³/mol. The Balaban J connectivity index is 2.15. The average Bonchev–Trinajstić information content (AvgIpc) is 2.83. The van der Waals surface area contributed by atoms with E-state index < -0.39 is 18.3 Å². The van der Waals surface area contributed by atoms with E-state index >= 15 is 0 Å². The van der Waals surface area contributed by atoms with Crippen molar-refractivity contribution in [3.8, 4) is 0 Å². The number of rotatable bonds is 4. The molecular formula is C13H18F3N3O2. The lowest BCUT2D eigenvalue weighted by Crippen LogP contribution is -2.46. The van der Waals surface area contributed by atoms with Gasteiger partial charge in [0.1, 0.15) is 5.82 Å². The number of nitrogens with one attached hydrogen (secondary N) is 1. The number of hydrogen-bond acceptors (Lipinski definition) is 4. The van der Waals surface area contributed by atoms with Crippen molar-refractivity contribution >= 4 is 0 Å². The highest BCUT2D eigenvalue weighted by Gasteiger charge is 2.47. The van der Waals surface area contributed by atoms with Gasteiger partial charge in [-0.1, -0.05) is 6.92 Å². The first-order chi connectivity index (χ1) is 9.81. The fraction of sp³-hybridized carbons (Fsp3) is 0.692. The van der Waals surface area contributed by atoms with Crippen LogP contribution in [0.25, 0.3) is 0 Å². The molecule has 0 radical (unpaired) electrons. The summed E-state index contributed by atoms with van der Waals surface area (Å²) >= 11 is 0. The number of H-pyrrole nitrogens is 1. The zero-order valence-corrected chi connectivity index (χ0v) is 11.7. The summed E-state index contributed by atoms with van der Waals surface area (Å²) in [5, 5.41) is 9.43. The van der Waals surface area contributed by atoms with Crippen molar-refractivity contribution in [3.63, 3.8) is 0 Å². The van der Waals surface area contributed by atoms with Crippen LogP contribution < -0.4 is 5.56 Å². The van der Waals surface area contributed by atoms with Crippen molar-refractivity contribution in [1.29, 1.82) is 0 Å². The van der Waals surface area contributed by atoms with Crippen molar-refractivity contribution in [2.75, 3.05) is 6.54 Å². The van der Waals surface area contributed by atoms with Gasteiger partial charge >= 0.3 is 6.18 Å². The number of aromatic amines is 1. The molecular weight excluding hydrogens is 287 g/mol. The van der Waals surface area contributed by atoms with Crippen LogP contribution in [0.4, 0.5) is 13.2 Å². The van der Waals surface area contributed by atoms with Crippen LogP contribution in [0.15, 0.2) is 10.9 Å². The molecule has 0 unspecified atom stereocenters. The van der Waals surface area contributed by atoms with Crippen molar-refractivity contribution in [3.05, 3.63) is 27.9 Å². The topological polar surface area (TPSA) is 69.2 Å². The predicted octanol–water partition coefficient (Wildman–Crippen LogP) is 1.22. The molecule has 1 aromatic rings. The van der Waals surface area contributed by atoms with Crippen LogP contribution >= 0.6 is 0 Å². The lowest BCUT2D eigenvalue weighted by Gasteiger charge is -2.29. The van der Waals surface area contributed by atoms with E-state index in [1.807, 2.05) is 6.92 Å². The molecule has 0 aromatic carbocycles. The standard InChI is InChI=1S/C13H18F3N3O2/c1-2-8-6-11(20)18-10(17-8)7-19-5-3-4-9(19)12(21)13(14,15)16/h6,9,12,21H,2-5,7H2,1H3,(H,17,18,20)/t9-,12-/m1/s1. The number of aromatic nitrogens is 2. The number of likely N-dealkylation sites (tertiary alicyclic amines) is 1. The Kier molecular flexibility index (Phi) is 4.67. The Hall–Kier alpha value is -1.41. The summed E-state index contributed by atoms with van der Waals surface area (Å²) < 4.78 is 37.9. The molecule has 1 saturated heterocycles. The van der Waals surface area contributed by atoms with Gasteiger partial charge in [-0.2, -0.15) is 13.2 Å². The SMILES string of the molecule is CCc1cc(=O)[nH]c(CN2CCC[C@@H]2[C@@H](O)C(F)(F)F)n1. The van der Waals surface area contributed by atoms with Crippen molar-refractivity contribution in [1.82, 2.24) is 14.9 Å². The third kappa shape index (κ3) is 3.82. The summed E-state index contributed by atoms with van der Waals surface area (Å²) in [6, 6.07) is 0.385. The van der Waals surface area contributed by atoms with Gasteiger partial charge in [-0.25, -0.2) is 4.98 Å². The fourth-order valence-corrected chi connectivity index (χ4v) is 2.64. The van der Waals surface area contributed by atoms with E-state index in [0.717, 1.165) is 0 Å². The van der Waals surface area contributed by atoms with Crippen LogP contribution in [0.5, 0.6) is 0 Å². The van der Waals surface area contributed by atoms with Crippen molar-refractivity contribution in [2.24, 2.45) is 0 Å². The summed E-state index contributed by atoms with van der Waals surface area (Å²) in [5.74, 6) is 0.334. The molecule has 2 N–H and O–H groups in total. The minimum Gasteiger partial charge on any atom is -0.382 e. The monoisotopic (exact) mass is 305 g/mol. The summed E-state index contributed by atoms with van der Waals surface area (Å²) in [6.45, 7) is 2.39. The van der Waals surface area contributed by atoms with E-state index in [2.05, 4.69) is 9.97 Å². The number of nitrogens with zero attached hydrogens (tertiary/aromatic N) is 2. The minimum atomic E-state index is -4.64. The molecule has 1 aromatic heterocycles. The van der Waals surface area contributed by atoms with Gasteiger partial charge in [0, 0.05) is 17.8 Å². The van der Waals surface area contributed by atoms with Gasteiger partial charge in [-0.05, 0) is 25.8 Å². The number of aryl methyl sites for hydroxylation is 1. The minimum absolute atomic E-state index is 0.0981. The normalized spacial score (nSPS) is 21.7. The maximum atomic E-state index is 12.6. The molecule has 0 saturated carbocycles. The van der Waals surface area contributed by atoms with E-state index in [1.54, 1.807) is 0 Å². The van der Waals surface area contributed by atoms with Crippen LogP contribution in [0.1, 0.15) is 31.3 Å². The summed E-state index contributed by atoms with van der Waals surface area (Å²) in [5.41, 5.74) is 0.282. The molecule has 2 atom stereocenters. The van der Waals surface area contributed by atoms with E-state index in [0.29, 0.717) is 30.9 Å². The fourth-order valence-electron chi connectivity index (χ4n) is 2.64. The highest BCUT2D eigenvalue weighted by molar-refractivity contribution is 5.03. The number of aliphatic hydroxyl groups is 1. The van der Waals surface area contributed by atoms with Gasteiger partial charge in [0.15, 0.2) is 6.10 Å². The molecule has 0 aliphatic carbocycles. The second kappa shape index (κ2) is 6.15. The average molecular weight is 305 g/mol. The first-order valence-corrected chi connectivity index (χ1v) is 6.89. The Morgan fingerprint density at radius 3 is 2.90 bits per heavy atom. The van der Waals surface area contributed by atoms with Crippen LogP contribution in [-0.4, -0.2) is 44.8 Å². The first kappa shape index (κ1) is 16.0. The number of aliphatic hydroxyl groups excluding tert-OH is 1. The van der Waals surface area contributed by atoms with Crippen LogP contribution in [0, 0.1) is 0 Å². The molecule has 118 valence electrons. The Morgan fingerprint density at radius 2 is 2.29 bits per heavy atom. The molecule has 5 nitrogen and oxygen atoms in total. The molecule has 21 heavy (non-hydrogen) atoms. The largest absolute Gasteiger partial charge is 0.415 e. The molecule has 1 fully saturated rings.